The summed E-state index contributed by atoms with van der Waals surface area (Å²) in [5.41, 5.74) is -1.00. The Hall–Kier alpha value is -1.83. The number of piperidine rings is 1. The lowest BCUT2D eigenvalue weighted by atomic mass is 9.42. The molecule has 1 aromatic rings. The molecule has 2 bridgehead atoms. The van der Waals surface area contributed by atoms with Gasteiger partial charge >= 0.3 is 0 Å². The minimum absolute atomic E-state index is 0.0394. The third-order valence-electron chi connectivity index (χ3n) is 8.48. The first-order valence-electron chi connectivity index (χ1n) is 11.1. The number of aliphatic hydroxyl groups excluding tert-OH is 1. The summed E-state index contributed by atoms with van der Waals surface area (Å²) in [6, 6.07) is 3.02. The number of nitrogens with zero attached hydrogens (tertiary/aromatic N) is 1. The standard InChI is InChI=1S/C23H32N2O5/c1-22(2)12-10-16(22)23(29)17(11-12)30-19-14(20(23)27)4-5-15(26)18(19)21(28)24-13-6-8-25(3)9-7-13/h4-5,12-13,16-17,20,26-27,29H,6-11H2,1-3H3,(H,24,28)/t12-,16-,17-,20+,23-/m1/s1. The number of aromatic hydroxyl groups is 1. The Morgan fingerprint density at radius 3 is 2.60 bits per heavy atom. The van der Waals surface area contributed by atoms with E-state index in [4.69, 9.17) is 4.74 Å². The number of carbonyl (C=O) groups is 1. The number of carbonyl (C=O) groups excluding carboxylic acids is 1. The van der Waals surface area contributed by atoms with Crippen LogP contribution in [0.25, 0.3) is 0 Å². The van der Waals surface area contributed by atoms with E-state index in [2.05, 4.69) is 31.1 Å². The summed E-state index contributed by atoms with van der Waals surface area (Å²) in [6.07, 6.45) is 1.45. The molecular weight excluding hydrogens is 384 g/mol. The average molecular weight is 417 g/mol. The highest BCUT2D eigenvalue weighted by Gasteiger charge is 2.69. The first-order chi connectivity index (χ1) is 14.1. The fourth-order valence-electron chi connectivity index (χ4n) is 6.33. The second-order valence-electron chi connectivity index (χ2n) is 10.4. The molecule has 5 atom stereocenters. The van der Waals surface area contributed by atoms with E-state index in [1.807, 2.05) is 0 Å². The lowest BCUT2D eigenvalue weighted by Gasteiger charge is -2.67. The number of benzene rings is 1. The maximum absolute atomic E-state index is 13.1. The largest absolute Gasteiger partial charge is 0.507 e. The van der Waals surface area contributed by atoms with Gasteiger partial charge in [-0.15, -0.1) is 0 Å². The molecule has 1 saturated heterocycles. The number of amides is 1. The van der Waals surface area contributed by atoms with Gasteiger partial charge in [-0.1, -0.05) is 13.8 Å². The topological polar surface area (TPSA) is 102 Å². The van der Waals surface area contributed by atoms with Crippen molar-refractivity contribution in [3.8, 4) is 11.5 Å². The molecule has 0 radical (unpaired) electrons. The van der Waals surface area contributed by atoms with Crippen LogP contribution in [0.2, 0.25) is 0 Å². The minimum Gasteiger partial charge on any atom is -0.507 e. The van der Waals surface area contributed by atoms with Crippen LogP contribution in [0.1, 0.15) is 61.6 Å². The maximum atomic E-state index is 13.1. The van der Waals surface area contributed by atoms with E-state index in [9.17, 15) is 20.1 Å². The maximum Gasteiger partial charge on any atom is 0.259 e. The lowest BCUT2D eigenvalue weighted by Crippen LogP contribution is -2.72. The Bertz CT molecular complexity index is 879. The van der Waals surface area contributed by atoms with Crippen molar-refractivity contribution in [1.29, 1.82) is 0 Å². The second-order valence-corrected chi connectivity index (χ2v) is 10.4. The van der Waals surface area contributed by atoms with Gasteiger partial charge in [0.2, 0.25) is 0 Å². The fraction of sp³-hybridized carbons (Fsp3) is 0.696. The van der Waals surface area contributed by atoms with Crippen LogP contribution in [0, 0.1) is 17.3 Å². The highest BCUT2D eigenvalue weighted by molar-refractivity contribution is 6.00. The third kappa shape index (κ3) is 2.65. The van der Waals surface area contributed by atoms with Gasteiger partial charge in [-0.25, -0.2) is 0 Å². The number of rotatable bonds is 2. The number of ether oxygens (including phenoxy) is 1. The molecule has 7 nitrogen and oxygen atoms in total. The number of nitrogens with one attached hydrogen (secondary N) is 1. The van der Waals surface area contributed by atoms with Crippen molar-refractivity contribution >= 4 is 5.91 Å². The zero-order valence-electron chi connectivity index (χ0n) is 17.9. The van der Waals surface area contributed by atoms with Crippen molar-refractivity contribution in [2.75, 3.05) is 20.1 Å². The molecule has 5 aliphatic rings. The first kappa shape index (κ1) is 20.1. The molecule has 2 aliphatic heterocycles. The number of hydrogen-bond acceptors (Lipinski definition) is 6. The van der Waals surface area contributed by atoms with E-state index in [1.54, 1.807) is 6.07 Å². The Kier molecular flexibility index (Phi) is 4.41. The van der Waals surface area contributed by atoms with Gasteiger partial charge in [-0.05, 0) is 75.2 Å². The second kappa shape index (κ2) is 6.58. The van der Waals surface area contributed by atoms with Gasteiger partial charge in [0, 0.05) is 11.6 Å². The number of phenolic OH excluding ortho intramolecular Hbond substituents is 1. The highest BCUT2D eigenvalue weighted by Crippen LogP contribution is 2.67. The van der Waals surface area contributed by atoms with E-state index in [0.29, 0.717) is 17.9 Å². The van der Waals surface area contributed by atoms with Crippen molar-refractivity contribution in [1.82, 2.24) is 10.2 Å². The molecule has 30 heavy (non-hydrogen) atoms. The van der Waals surface area contributed by atoms with Crippen LogP contribution in [0.3, 0.4) is 0 Å². The van der Waals surface area contributed by atoms with Crippen molar-refractivity contribution in [2.45, 2.75) is 63.4 Å². The Labute approximate surface area is 177 Å². The van der Waals surface area contributed by atoms with Gasteiger partial charge in [-0.2, -0.15) is 0 Å². The highest BCUT2D eigenvalue weighted by atomic mass is 16.5. The molecule has 3 saturated carbocycles. The molecule has 1 amide bonds. The Morgan fingerprint density at radius 2 is 1.93 bits per heavy atom. The quantitative estimate of drug-likeness (QED) is 0.587. The lowest BCUT2D eigenvalue weighted by molar-refractivity contribution is -0.289. The van der Waals surface area contributed by atoms with E-state index < -0.39 is 23.7 Å². The summed E-state index contributed by atoms with van der Waals surface area (Å²) in [5, 5.41) is 36.4. The number of aliphatic hydroxyl groups is 2. The van der Waals surface area contributed by atoms with Crippen molar-refractivity contribution in [3.63, 3.8) is 0 Å². The summed E-state index contributed by atoms with van der Waals surface area (Å²) in [7, 11) is 2.06. The molecule has 0 unspecified atom stereocenters. The van der Waals surface area contributed by atoms with Gasteiger partial charge in [0.1, 0.15) is 34.9 Å². The van der Waals surface area contributed by atoms with Gasteiger partial charge in [0.25, 0.3) is 5.91 Å². The number of fused-ring (bicyclic) bond motifs is 1. The van der Waals surface area contributed by atoms with Crippen LogP contribution >= 0.6 is 0 Å². The van der Waals surface area contributed by atoms with Gasteiger partial charge in [-0.3, -0.25) is 4.79 Å². The first-order valence-corrected chi connectivity index (χ1v) is 11.1. The predicted molar refractivity (Wildman–Crippen MR) is 110 cm³/mol. The van der Waals surface area contributed by atoms with Gasteiger partial charge < -0.3 is 30.3 Å². The zero-order valence-corrected chi connectivity index (χ0v) is 17.9. The van der Waals surface area contributed by atoms with Crippen molar-refractivity contribution in [3.05, 3.63) is 23.3 Å². The summed E-state index contributed by atoms with van der Waals surface area (Å²) < 4.78 is 6.20. The van der Waals surface area contributed by atoms with E-state index in [1.165, 1.54) is 6.07 Å². The molecule has 0 aromatic heterocycles. The van der Waals surface area contributed by atoms with Crippen molar-refractivity contribution in [2.24, 2.45) is 17.3 Å². The molecular formula is C23H32N2O5. The molecule has 164 valence electrons. The van der Waals surface area contributed by atoms with Gasteiger partial charge in [0.05, 0.1) is 0 Å². The summed E-state index contributed by atoms with van der Waals surface area (Å²) in [6.45, 7) is 6.10. The van der Waals surface area contributed by atoms with Crippen LogP contribution in [0.4, 0.5) is 0 Å². The molecule has 0 spiro atoms. The zero-order chi connectivity index (χ0) is 21.4. The number of likely N-dealkylation sites (tertiary alicyclic amines) is 1. The molecule has 3 aliphatic carbocycles. The SMILES string of the molecule is CN1CCC(NC(=O)c2c(O)ccc3c2O[C@@H]2C[C@H]4C[C@H](C4(C)C)[C@]2(O)[C@H]3O)CC1. The molecule has 6 rings (SSSR count). The summed E-state index contributed by atoms with van der Waals surface area (Å²) in [5.74, 6) is -0.00443. The number of phenols is 1. The smallest absolute Gasteiger partial charge is 0.259 e. The van der Waals surface area contributed by atoms with Crippen LogP contribution in [0.5, 0.6) is 11.5 Å². The van der Waals surface area contributed by atoms with Gasteiger partial charge in [0.15, 0.2) is 0 Å². The fourth-order valence-corrected chi connectivity index (χ4v) is 6.33. The van der Waals surface area contributed by atoms with Crippen molar-refractivity contribution < 1.29 is 24.9 Å². The number of hydrogen-bond donors (Lipinski definition) is 4. The summed E-state index contributed by atoms with van der Waals surface area (Å²) in [4.78, 5) is 15.3. The van der Waals surface area contributed by atoms with E-state index in [-0.39, 0.29) is 34.4 Å². The normalized spacial score (nSPS) is 37.4. The molecule has 1 aromatic carbocycles. The molecule has 4 fully saturated rings. The van der Waals surface area contributed by atoms with Crippen LogP contribution in [-0.2, 0) is 0 Å². The Balaban J connectivity index is 1.47. The summed E-state index contributed by atoms with van der Waals surface area (Å²) >= 11 is 0. The molecule has 7 heteroatoms. The van der Waals surface area contributed by atoms with Crippen LogP contribution in [0.15, 0.2) is 12.1 Å². The van der Waals surface area contributed by atoms with Crippen LogP contribution in [-0.4, -0.2) is 64.0 Å². The Morgan fingerprint density at radius 1 is 1.23 bits per heavy atom. The van der Waals surface area contributed by atoms with E-state index in [0.717, 1.165) is 32.4 Å². The third-order valence-corrected chi connectivity index (χ3v) is 8.48. The van der Waals surface area contributed by atoms with E-state index >= 15 is 0 Å². The molecule has 2 heterocycles. The minimum atomic E-state index is -1.38. The predicted octanol–water partition coefficient (Wildman–Crippen LogP) is 1.81. The van der Waals surface area contributed by atoms with Crippen LogP contribution < -0.4 is 10.1 Å². The average Bonchev–Trinajstić information content (AvgIpc) is 2.69. The molecule has 4 N–H and O–H groups in total. The monoisotopic (exact) mass is 416 g/mol.